The highest BCUT2D eigenvalue weighted by Crippen LogP contribution is 2.35. The summed E-state index contributed by atoms with van der Waals surface area (Å²) in [4.78, 5) is 7.41. The van der Waals surface area contributed by atoms with Crippen molar-refractivity contribution in [1.82, 2.24) is 9.88 Å². The Bertz CT molecular complexity index is 1020. The molecule has 3 aromatic rings. The lowest BCUT2D eigenvalue weighted by molar-refractivity contribution is 0.153. The van der Waals surface area contributed by atoms with E-state index in [1.165, 1.54) is 5.56 Å². The van der Waals surface area contributed by atoms with E-state index in [2.05, 4.69) is 36.1 Å². The van der Waals surface area contributed by atoms with Crippen LogP contribution in [0.5, 0.6) is 11.5 Å². The quantitative estimate of drug-likeness (QED) is 0.682. The van der Waals surface area contributed by atoms with Crippen LogP contribution in [-0.2, 0) is 6.54 Å². The average molecular weight is 392 g/mol. The smallest absolute Gasteiger partial charge is 0.161 e. The van der Waals surface area contributed by atoms with Gasteiger partial charge in [0.2, 0.25) is 0 Å². The molecule has 0 bridgehead atoms. The van der Waals surface area contributed by atoms with E-state index in [-0.39, 0.29) is 12.6 Å². The Morgan fingerprint density at radius 1 is 1.07 bits per heavy atom. The van der Waals surface area contributed by atoms with E-state index in [0.717, 1.165) is 53.7 Å². The lowest BCUT2D eigenvalue weighted by Crippen LogP contribution is -2.31. The van der Waals surface area contributed by atoms with Crippen LogP contribution in [0.4, 0.5) is 0 Å². The average Bonchev–Trinajstić information content (AvgIpc) is 3.20. The molecule has 2 aromatic carbocycles. The fourth-order valence-electron chi connectivity index (χ4n) is 4.20. The number of fused-ring (bicyclic) bond motifs is 1. The van der Waals surface area contributed by atoms with Crippen molar-refractivity contribution in [2.45, 2.75) is 32.4 Å². The predicted molar refractivity (Wildman–Crippen MR) is 116 cm³/mol. The van der Waals surface area contributed by atoms with Gasteiger partial charge in [0.25, 0.3) is 0 Å². The highest BCUT2D eigenvalue weighted by molar-refractivity contribution is 5.84. The first-order chi connectivity index (χ1) is 14.1. The molecule has 0 aliphatic carbocycles. The third-order valence-corrected chi connectivity index (χ3v) is 5.79. The molecule has 1 N–H and O–H groups in total. The van der Waals surface area contributed by atoms with Gasteiger partial charge in [-0.25, -0.2) is 4.98 Å². The van der Waals surface area contributed by atoms with Crippen LogP contribution in [0.15, 0.2) is 42.5 Å². The van der Waals surface area contributed by atoms with Crippen LogP contribution in [0.25, 0.3) is 22.2 Å². The highest BCUT2D eigenvalue weighted by atomic mass is 16.5. The molecule has 1 unspecified atom stereocenters. The van der Waals surface area contributed by atoms with Crippen molar-refractivity contribution in [3.63, 3.8) is 0 Å². The van der Waals surface area contributed by atoms with Gasteiger partial charge in [-0.15, -0.1) is 0 Å². The fraction of sp³-hybridized carbons (Fsp3) is 0.375. The number of hydrogen-bond acceptors (Lipinski definition) is 5. The number of methoxy groups -OCH3 is 2. The molecule has 152 valence electrons. The summed E-state index contributed by atoms with van der Waals surface area (Å²) >= 11 is 0. The first-order valence-electron chi connectivity index (χ1n) is 10.1. The highest BCUT2D eigenvalue weighted by Gasteiger charge is 2.25. The first-order valence-corrected chi connectivity index (χ1v) is 10.1. The molecule has 29 heavy (non-hydrogen) atoms. The molecule has 1 atom stereocenters. The monoisotopic (exact) mass is 392 g/mol. The van der Waals surface area contributed by atoms with Crippen LogP contribution in [0, 0.1) is 6.92 Å². The number of hydrogen-bond donors (Lipinski definition) is 1. The summed E-state index contributed by atoms with van der Waals surface area (Å²) in [6.45, 7) is 4.06. The Kier molecular flexibility index (Phi) is 5.69. The number of nitrogens with zero attached hydrogens (tertiary/aromatic N) is 2. The Balaban J connectivity index is 1.83. The van der Waals surface area contributed by atoms with Gasteiger partial charge in [-0.3, -0.25) is 4.90 Å². The van der Waals surface area contributed by atoms with E-state index in [9.17, 15) is 5.11 Å². The lowest BCUT2D eigenvalue weighted by atomic mass is 10.0. The summed E-state index contributed by atoms with van der Waals surface area (Å²) in [6, 6.07) is 14.8. The SMILES string of the molecule is COc1ccc(-c2nc3cc(C)ccc3cc2CN2CCCC2CO)cc1OC. The Morgan fingerprint density at radius 3 is 2.66 bits per heavy atom. The molecule has 2 heterocycles. The third-order valence-electron chi connectivity index (χ3n) is 5.79. The number of rotatable bonds is 6. The first kappa shape index (κ1) is 19.7. The molecule has 1 aliphatic rings. The predicted octanol–water partition coefficient (Wildman–Crippen LogP) is 4.18. The summed E-state index contributed by atoms with van der Waals surface area (Å²) in [5.41, 5.74) is 5.29. The lowest BCUT2D eigenvalue weighted by Gasteiger charge is -2.24. The second-order valence-corrected chi connectivity index (χ2v) is 7.71. The van der Waals surface area contributed by atoms with Gasteiger partial charge in [0.1, 0.15) is 0 Å². The van der Waals surface area contributed by atoms with Crippen molar-refractivity contribution >= 4 is 10.9 Å². The van der Waals surface area contributed by atoms with Crippen LogP contribution < -0.4 is 9.47 Å². The maximum absolute atomic E-state index is 9.74. The van der Waals surface area contributed by atoms with Crippen molar-refractivity contribution in [3.8, 4) is 22.8 Å². The van der Waals surface area contributed by atoms with E-state index >= 15 is 0 Å². The van der Waals surface area contributed by atoms with Crippen LogP contribution >= 0.6 is 0 Å². The van der Waals surface area contributed by atoms with Gasteiger partial charge in [-0.2, -0.15) is 0 Å². The Morgan fingerprint density at radius 2 is 1.90 bits per heavy atom. The van der Waals surface area contributed by atoms with Crippen molar-refractivity contribution in [1.29, 1.82) is 0 Å². The van der Waals surface area contributed by atoms with E-state index in [0.29, 0.717) is 11.5 Å². The van der Waals surface area contributed by atoms with Crippen molar-refractivity contribution in [2.24, 2.45) is 0 Å². The number of aryl methyl sites for hydroxylation is 1. The summed E-state index contributed by atoms with van der Waals surface area (Å²) in [6.07, 6.45) is 2.17. The van der Waals surface area contributed by atoms with E-state index in [1.807, 2.05) is 18.2 Å². The maximum Gasteiger partial charge on any atom is 0.161 e. The molecule has 0 amide bonds. The third kappa shape index (κ3) is 3.93. The molecule has 0 spiro atoms. The number of pyridine rings is 1. The van der Waals surface area contributed by atoms with Gasteiger partial charge >= 0.3 is 0 Å². The fourth-order valence-corrected chi connectivity index (χ4v) is 4.20. The Labute approximate surface area is 171 Å². The summed E-state index contributed by atoms with van der Waals surface area (Å²) < 4.78 is 10.9. The van der Waals surface area contributed by atoms with Crippen LogP contribution in [-0.4, -0.2) is 48.4 Å². The molecule has 5 heteroatoms. The number of aliphatic hydroxyl groups excluding tert-OH is 1. The molecular weight excluding hydrogens is 364 g/mol. The zero-order valence-electron chi connectivity index (χ0n) is 17.3. The van der Waals surface area contributed by atoms with E-state index in [1.54, 1.807) is 14.2 Å². The van der Waals surface area contributed by atoms with Crippen molar-refractivity contribution < 1.29 is 14.6 Å². The second kappa shape index (κ2) is 8.39. The van der Waals surface area contributed by atoms with E-state index < -0.39 is 0 Å². The molecule has 5 nitrogen and oxygen atoms in total. The minimum Gasteiger partial charge on any atom is -0.493 e. The number of likely N-dealkylation sites (tertiary alicyclic amines) is 1. The van der Waals surface area contributed by atoms with Gasteiger partial charge in [-0.05, 0) is 67.8 Å². The van der Waals surface area contributed by atoms with Crippen LogP contribution in [0.2, 0.25) is 0 Å². The topological polar surface area (TPSA) is 54.8 Å². The minimum atomic E-state index is 0.200. The van der Waals surface area contributed by atoms with Crippen LogP contribution in [0.1, 0.15) is 24.0 Å². The molecule has 1 fully saturated rings. The zero-order valence-corrected chi connectivity index (χ0v) is 17.3. The maximum atomic E-state index is 9.74. The van der Waals surface area contributed by atoms with E-state index in [4.69, 9.17) is 14.5 Å². The molecule has 1 aliphatic heterocycles. The van der Waals surface area contributed by atoms with Gasteiger partial charge in [0.05, 0.1) is 32.0 Å². The van der Waals surface area contributed by atoms with Gasteiger partial charge in [0, 0.05) is 23.5 Å². The molecule has 1 saturated heterocycles. The van der Waals surface area contributed by atoms with Gasteiger partial charge in [0.15, 0.2) is 11.5 Å². The molecule has 0 radical (unpaired) electrons. The van der Waals surface area contributed by atoms with Crippen molar-refractivity contribution in [3.05, 3.63) is 53.6 Å². The molecule has 1 aromatic heterocycles. The number of aliphatic hydroxyl groups is 1. The van der Waals surface area contributed by atoms with Gasteiger partial charge in [-0.1, -0.05) is 12.1 Å². The molecule has 4 rings (SSSR count). The van der Waals surface area contributed by atoms with Crippen molar-refractivity contribution in [2.75, 3.05) is 27.4 Å². The number of aromatic nitrogens is 1. The van der Waals surface area contributed by atoms with Crippen LogP contribution in [0.3, 0.4) is 0 Å². The zero-order chi connectivity index (χ0) is 20.4. The number of benzene rings is 2. The summed E-state index contributed by atoms with van der Waals surface area (Å²) in [5.74, 6) is 1.39. The molecular formula is C24H28N2O3. The second-order valence-electron chi connectivity index (χ2n) is 7.71. The molecule has 0 saturated carbocycles. The summed E-state index contributed by atoms with van der Waals surface area (Å²) in [5, 5.41) is 10.9. The Hall–Kier alpha value is -2.63. The standard InChI is InChI=1S/C24H28N2O3/c1-16-6-7-17-12-19(14-26-10-4-5-20(26)15-27)24(25-21(17)11-16)18-8-9-22(28-2)23(13-18)29-3/h6-9,11-13,20,27H,4-5,10,14-15H2,1-3H3. The number of ether oxygens (including phenoxy) is 2. The summed E-state index contributed by atoms with van der Waals surface area (Å²) in [7, 11) is 3.29. The normalized spacial score (nSPS) is 17.0. The van der Waals surface area contributed by atoms with Gasteiger partial charge < -0.3 is 14.6 Å². The minimum absolute atomic E-state index is 0.200. The largest absolute Gasteiger partial charge is 0.493 e.